The third-order valence-electron chi connectivity index (χ3n) is 6.51. The highest BCUT2D eigenvalue weighted by Gasteiger charge is 2.45. The second-order valence-electron chi connectivity index (χ2n) is 10.5. The third kappa shape index (κ3) is 6.25. The molecular formula is C24H30F4N4O5. The van der Waals surface area contributed by atoms with Crippen LogP contribution in [-0.2, 0) is 27.1 Å². The molecular weight excluding hydrogens is 500 g/mol. The van der Waals surface area contributed by atoms with Gasteiger partial charge in [-0.25, -0.2) is 14.0 Å². The fourth-order valence-electron chi connectivity index (χ4n) is 4.62. The maximum absolute atomic E-state index is 14.0. The molecule has 0 spiro atoms. The van der Waals surface area contributed by atoms with Crippen molar-refractivity contribution in [2.45, 2.75) is 63.8 Å². The molecule has 1 N–H and O–H groups in total. The van der Waals surface area contributed by atoms with Gasteiger partial charge in [-0.15, -0.1) is 0 Å². The van der Waals surface area contributed by atoms with E-state index in [1.54, 1.807) is 30.6 Å². The number of urea groups is 1. The normalized spacial score (nSPS) is 22.8. The lowest BCUT2D eigenvalue weighted by Gasteiger charge is -2.49. The number of carbonyl (C=O) groups is 3. The van der Waals surface area contributed by atoms with Crippen molar-refractivity contribution in [3.63, 3.8) is 0 Å². The molecule has 3 saturated heterocycles. The largest absolute Gasteiger partial charge is 0.444 e. The predicted octanol–water partition coefficient (Wildman–Crippen LogP) is 2.98. The summed E-state index contributed by atoms with van der Waals surface area (Å²) < 4.78 is 63.1. The van der Waals surface area contributed by atoms with E-state index >= 15 is 0 Å². The minimum atomic E-state index is -4.63. The van der Waals surface area contributed by atoms with Crippen LogP contribution in [0, 0.1) is 5.82 Å². The minimum absolute atomic E-state index is 0.00225. The fourth-order valence-corrected chi connectivity index (χ4v) is 4.62. The lowest BCUT2D eigenvalue weighted by molar-refractivity contribution is -0.137. The summed E-state index contributed by atoms with van der Waals surface area (Å²) in [4.78, 5) is 42.4. The Balaban J connectivity index is 1.26. The van der Waals surface area contributed by atoms with Gasteiger partial charge in [-0.1, -0.05) is 6.07 Å². The molecule has 1 aromatic carbocycles. The second-order valence-corrected chi connectivity index (χ2v) is 10.5. The number of nitrogens with one attached hydrogen (secondary N) is 1. The van der Waals surface area contributed by atoms with Crippen LogP contribution in [0.5, 0.6) is 0 Å². The quantitative estimate of drug-likeness (QED) is 0.607. The van der Waals surface area contributed by atoms with E-state index in [2.05, 4.69) is 5.32 Å². The molecule has 0 saturated carbocycles. The average Bonchev–Trinajstić information content (AvgIpc) is 2.75. The minimum Gasteiger partial charge on any atom is -0.444 e. The Bertz CT molecular complexity index is 1050. The SMILES string of the molecule is CC(C)(C)OC(=O)N1CC(=O)N[C@@H]2CN(C(=O)N3CC(OCc4ccc(C(F)(F)F)cc4F)C3)CC[C@@H]21. The molecule has 1 aromatic rings. The molecule has 204 valence electrons. The predicted molar refractivity (Wildman–Crippen MR) is 122 cm³/mol. The maximum atomic E-state index is 14.0. The van der Waals surface area contributed by atoms with Crippen LogP contribution in [0.3, 0.4) is 0 Å². The number of likely N-dealkylation sites (tertiary alicyclic amines) is 2. The van der Waals surface area contributed by atoms with Crippen molar-refractivity contribution in [1.29, 1.82) is 0 Å². The monoisotopic (exact) mass is 530 g/mol. The molecule has 9 nitrogen and oxygen atoms in total. The first-order valence-corrected chi connectivity index (χ1v) is 12.0. The summed E-state index contributed by atoms with van der Waals surface area (Å²) in [6.45, 7) is 6.05. The summed E-state index contributed by atoms with van der Waals surface area (Å²) in [5.41, 5.74) is -1.77. The van der Waals surface area contributed by atoms with Gasteiger partial charge in [-0.3, -0.25) is 9.69 Å². The van der Waals surface area contributed by atoms with E-state index in [1.165, 1.54) is 4.90 Å². The summed E-state index contributed by atoms with van der Waals surface area (Å²) in [6, 6.07) is 1.32. The maximum Gasteiger partial charge on any atom is 0.416 e. The average molecular weight is 531 g/mol. The first-order chi connectivity index (χ1) is 17.2. The van der Waals surface area contributed by atoms with E-state index in [-0.39, 0.29) is 62.4 Å². The number of hydrogen-bond donors (Lipinski definition) is 1. The van der Waals surface area contributed by atoms with Gasteiger partial charge in [0.25, 0.3) is 0 Å². The number of halogens is 4. The zero-order valence-electron chi connectivity index (χ0n) is 20.8. The Kier molecular flexibility index (Phi) is 7.28. The van der Waals surface area contributed by atoms with E-state index < -0.39 is 35.3 Å². The number of piperazine rings is 1. The first-order valence-electron chi connectivity index (χ1n) is 12.0. The summed E-state index contributed by atoms with van der Waals surface area (Å²) in [5.74, 6) is -1.32. The first kappa shape index (κ1) is 27.0. The summed E-state index contributed by atoms with van der Waals surface area (Å²) in [5, 5.41) is 2.86. The van der Waals surface area contributed by atoms with Crippen molar-refractivity contribution >= 4 is 18.0 Å². The smallest absolute Gasteiger partial charge is 0.416 e. The van der Waals surface area contributed by atoms with Crippen LogP contribution >= 0.6 is 0 Å². The number of rotatable bonds is 3. The molecule has 2 atom stereocenters. The molecule has 3 aliphatic rings. The van der Waals surface area contributed by atoms with Crippen LogP contribution in [0.1, 0.15) is 38.3 Å². The van der Waals surface area contributed by atoms with Gasteiger partial charge in [0.1, 0.15) is 18.0 Å². The van der Waals surface area contributed by atoms with E-state index in [1.807, 2.05) is 0 Å². The van der Waals surface area contributed by atoms with Crippen LogP contribution in [0.15, 0.2) is 18.2 Å². The van der Waals surface area contributed by atoms with Crippen LogP contribution in [0.4, 0.5) is 27.2 Å². The molecule has 3 fully saturated rings. The van der Waals surface area contributed by atoms with Crippen LogP contribution in [0.25, 0.3) is 0 Å². The van der Waals surface area contributed by atoms with Crippen molar-refractivity contribution in [3.05, 3.63) is 35.1 Å². The van der Waals surface area contributed by atoms with Crippen LogP contribution in [0.2, 0.25) is 0 Å². The number of benzene rings is 1. The number of carbonyl (C=O) groups excluding carboxylic acids is 3. The molecule has 4 rings (SSSR count). The van der Waals surface area contributed by atoms with E-state index in [4.69, 9.17) is 9.47 Å². The molecule has 4 amide bonds. The second kappa shape index (κ2) is 9.99. The Labute approximate surface area is 211 Å². The lowest BCUT2D eigenvalue weighted by atomic mass is 9.95. The highest BCUT2D eigenvalue weighted by atomic mass is 19.4. The molecule has 3 aliphatic heterocycles. The lowest BCUT2D eigenvalue weighted by Crippen LogP contribution is -2.69. The van der Waals surface area contributed by atoms with Gasteiger partial charge in [0, 0.05) is 18.7 Å². The zero-order valence-corrected chi connectivity index (χ0v) is 20.8. The van der Waals surface area contributed by atoms with Crippen molar-refractivity contribution in [3.8, 4) is 0 Å². The number of hydrogen-bond acceptors (Lipinski definition) is 5. The van der Waals surface area contributed by atoms with Crippen molar-refractivity contribution < 1.29 is 41.4 Å². The number of nitrogens with zero attached hydrogens (tertiary/aromatic N) is 3. The van der Waals surface area contributed by atoms with Gasteiger partial charge in [-0.2, -0.15) is 13.2 Å². The molecule has 0 aromatic heterocycles. The molecule has 37 heavy (non-hydrogen) atoms. The molecule has 0 aliphatic carbocycles. The van der Waals surface area contributed by atoms with Crippen molar-refractivity contribution in [1.82, 2.24) is 20.0 Å². The molecule has 0 radical (unpaired) electrons. The van der Waals surface area contributed by atoms with Gasteiger partial charge < -0.3 is 24.6 Å². The van der Waals surface area contributed by atoms with Gasteiger partial charge in [0.05, 0.1) is 43.4 Å². The van der Waals surface area contributed by atoms with Crippen molar-refractivity contribution in [2.75, 3.05) is 32.7 Å². The van der Waals surface area contributed by atoms with Gasteiger partial charge >= 0.3 is 18.3 Å². The number of amides is 4. The summed E-state index contributed by atoms with van der Waals surface area (Å²) in [7, 11) is 0. The van der Waals surface area contributed by atoms with Crippen LogP contribution in [-0.4, -0.2) is 89.2 Å². The van der Waals surface area contributed by atoms with Crippen molar-refractivity contribution in [2.24, 2.45) is 0 Å². The zero-order chi connectivity index (χ0) is 27.1. The summed E-state index contributed by atoms with van der Waals surface area (Å²) in [6.07, 6.45) is -5.10. The van der Waals surface area contributed by atoms with Crippen LogP contribution < -0.4 is 5.32 Å². The fraction of sp³-hybridized carbons (Fsp3) is 0.625. The number of fused-ring (bicyclic) bond motifs is 1. The molecule has 0 unspecified atom stereocenters. The highest BCUT2D eigenvalue weighted by Crippen LogP contribution is 2.31. The third-order valence-corrected chi connectivity index (χ3v) is 6.51. The number of ether oxygens (including phenoxy) is 2. The van der Waals surface area contributed by atoms with Gasteiger partial charge in [0.2, 0.25) is 5.91 Å². The molecule has 3 heterocycles. The number of piperidine rings is 1. The topological polar surface area (TPSA) is 91.4 Å². The standard InChI is InChI=1S/C24H30F4N4O5/c1-23(2,3)37-22(35)32-12-20(33)29-18-11-30(7-6-19(18)32)21(34)31-9-16(10-31)36-13-14-4-5-15(8-17(14)25)24(26,27)28/h4-5,8,16,18-19H,6-7,9-13H2,1-3H3,(H,29,33)/t18-,19+/m1/s1. The molecule has 13 heteroatoms. The van der Waals surface area contributed by atoms with Gasteiger partial charge in [-0.05, 0) is 39.3 Å². The van der Waals surface area contributed by atoms with E-state index in [0.29, 0.717) is 19.0 Å². The summed E-state index contributed by atoms with van der Waals surface area (Å²) >= 11 is 0. The van der Waals surface area contributed by atoms with E-state index in [9.17, 15) is 31.9 Å². The highest BCUT2D eigenvalue weighted by molar-refractivity contribution is 5.84. The number of alkyl halides is 3. The van der Waals surface area contributed by atoms with Gasteiger partial charge in [0.15, 0.2) is 0 Å². The Morgan fingerprint density at radius 3 is 2.43 bits per heavy atom. The van der Waals surface area contributed by atoms with E-state index in [0.717, 1.165) is 12.1 Å². The Morgan fingerprint density at radius 2 is 1.81 bits per heavy atom. The Hall–Kier alpha value is -3.09. The molecule has 0 bridgehead atoms. The Morgan fingerprint density at radius 1 is 1.11 bits per heavy atom.